The zero-order valence-electron chi connectivity index (χ0n) is 19.3. The summed E-state index contributed by atoms with van der Waals surface area (Å²) in [6, 6.07) is 11.6. The molecule has 0 amide bonds. The standard InChI is InChI=1S/C25H27N5O4/c1-25(14-33-15-25)16-34-21-6-3-17(11-22(21)31-2)28-19-4-5-20-24(18(19)12-26)29-23(13-27-20)30-7-9-32-10-8-30/h3-6,11,13,28H,7-10,14-16H2,1-2H3. The molecule has 2 aliphatic rings. The van der Waals surface area contributed by atoms with Gasteiger partial charge in [0.25, 0.3) is 0 Å². The van der Waals surface area contributed by atoms with Crippen molar-refractivity contribution < 1.29 is 18.9 Å². The molecular weight excluding hydrogens is 434 g/mol. The first-order valence-electron chi connectivity index (χ1n) is 11.3. The van der Waals surface area contributed by atoms with E-state index in [1.165, 1.54) is 0 Å². The van der Waals surface area contributed by atoms with Crippen LogP contribution in [0.5, 0.6) is 11.5 Å². The zero-order valence-corrected chi connectivity index (χ0v) is 19.3. The van der Waals surface area contributed by atoms with E-state index in [9.17, 15) is 5.26 Å². The fourth-order valence-electron chi connectivity index (χ4n) is 4.04. The summed E-state index contributed by atoms with van der Waals surface area (Å²) in [7, 11) is 1.61. The van der Waals surface area contributed by atoms with Crippen LogP contribution in [0.3, 0.4) is 0 Å². The van der Waals surface area contributed by atoms with E-state index in [1.807, 2.05) is 30.3 Å². The number of hydrogen-bond acceptors (Lipinski definition) is 9. The third-order valence-corrected chi connectivity index (χ3v) is 6.07. The molecule has 3 aromatic rings. The SMILES string of the molecule is COc1cc(Nc2ccc3ncc(N4CCOCC4)nc3c2C#N)ccc1OCC1(C)COC1. The molecular formula is C25H27N5O4. The Balaban J connectivity index is 1.40. The Hall–Kier alpha value is -3.61. The third kappa shape index (κ3) is 4.42. The van der Waals surface area contributed by atoms with Gasteiger partial charge < -0.3 is 29.2 Å². The number of aromatic nitrogens is 2. The van der Waals surface area contributed by atoms with Gasteiger partial charge in [0.2, 0.25) is 0 Å². The van der Waals surface area contributed by atoms with Crippen molar-refractivity contribution in [2.45, 2.75) is 6.92 Å². The van der Waals surface area contributed by atoms with Gasteiger partial charge in [-0.1, -0.05) is 6.92 Å². The quantitative estimate of drug-likeness (QED) is 0.566. The predicted octanol–water partition coefficient (Wildman–Crippen LogP) is 3.51. The van der Waals surface area contributed by atoms with E-state index in [4.69, 9.17) is 23.9 Å². The average molecular weight is 462 g/mol. The lowest BCUT2D eigenvalue weighted by Gasteiger charge is -2.37. The topological polar surface area (TPSA) is 102 Å². The Kier molecular flexibility index (Phi) is 6.09. The molecule has 2 aromatic carbocycles. The van der Waals surface area contributed by atoms with Crippen molar-refractivity contribution in [1.82, 2.24) is 9.97 Å². The summed E-state index contributed by atoms with van der Waals surface area (Å²) in [5.74, 6) is 2.03. The molecule has 0 aliphatic carbocycles. The van der Waals surface area contributed by atoms with Gasteiger partial charge in [0.05, 0.1) is 57.5 Å². The van der Waals surface area contributed by atoms with Crippen molar-refractivity contribution in [1.29, 1.82) is 5.26 Å². The molecule has 9 heteroatoms. The molecule has 3 heterocycles. The van der Waals surface area contributed by atoms with Crippen LogP contribution in [-0.2, 0) is 9.47 Å². The largest absolute Gasteiger partial charge is 0.493 e. The molecule has 2 saturated heterocycles. The maximum absolute atomic E-state index is 9.97. The lowest BCUT2D eigenvalue weighted by atomic mass is 9.90. The average Bonchev–Trinajstić information content (AvgIpc) is 2.86. The van der Waals surface area contributed by atoms with Gasteiger partial charge in [0.1, 0.15) is 23.0 Å². The van der Waals surface area contributed by atoms with E-state index >= 15 is 0 Å². The van der Waals surface area contributed by atoms with Gasteiger partial charge in [-0.05, 0) is 24.3 Å². The van der Waals surface area contributed by atoms with Gasteiger partial charge >= 0.3 is 0 Å². The number of methoxy groups -OCH3 is 1. The van der Waals surface area contributed by atoms with Crippen LogP contribution in [0.1, 0.15) is 12.5 Å². The first-order valence-corrected chi connectivity index (χ1v) is 11.3. The predicted molar refractivity (Wildman–Crippen MR) is 128 cm³/mol. The van der Waals surface area contributed by atoms with Crippen molar-refractivity contribution >= 4 is 28.2 Å². The van der Waals surface area contributed by atoms with E-state index in [-0.39, 0.29) is 5.41 Å². The molecule has 0 saturated carbocycles. The Bertz CT molecular complexity index is 1230. The summed E-state index contributed by atoms with van der Waals surface area (Å²) in [6.07, 6.45) is 1.75. The number of benzene rings is 2. The minimum Gasteiger partial charge on any atom is -0.493 e. The zero-order chi connectivity index (χ0) is 23.5. The Morgan fingerprint density at radius 1 is 1.15 bits per heavy atom. The van der Waals surface area contributed by atoms with Crippen LogP contribution in [0.4, 0.5) is 17.2 Å². The normalized spacial score (nSPS) is 17.0. The highest BCUT2D eigenvalue weighted by Gasteiger charge is 2.34. The number of anilines is 3. The van der Waals surface area contributed by atoms with Crippen LogP contribution >= 0.6 is 0 Å². The number of rotatable bonds is 7. The summed E-state index contributed by atoms with van der Waals surface area (Å²) >= 11 is 0. The highest BCUT2D eigenvalue weighted by Crippen LogP contribution is 2.35. The van der Waals surface area contributed by atoms with Crippen LogP contribution in [0.15, 0.2) is 36.5 Å². The maximum atomic E-state index is 9.97. The smallest absolute Gasteiger partial charge is 0.162 e. The summed E-state index contributed by atoms with van der Waals surface area (Å²) in [4.78, 5) is 11.4. The number of hydrogen-bond donors (Lipinski definition) is 1. The van der Waals surface area contributed by atoms with E-state index in [1.54, 1.807) is 13.3 Å². The summed E-state index contributed by atoms with van der Waals surface area (Å²) in [6.45, 7) is 6.90. The van der Waals surface area contributed by atoms with E-state index in [0.29, 0.717) is 66.8 Å². The fraction of sp³-hybridized carbons (Fsp3) is 0.400. The third-order valence-electron chi connectivity index (χ3n) is 6.07. The number of fused-ring (bicyclic) bond motifs is 1. The van der Waals surface area contributed by atoms with Gasteiger partial charge in [0, 0.05) is 30.3 Å². The molecule has 0 bridgehead atoms. The summed E-state index contributed by atoms with van der Waals surface area (Å²) in [5.41, 5.74) is 3.15. The number of morpholine rings is 1. The molecule has 1 aromatic heterocycles. The first-order chi connectivity index (χ1) is 16.6. The highest BCUT2D eigenvalue weighted by molar-refractivity contribution is 5.89. The first kappa shape index (κ1) is 22.2. The summed E-state index contributed by atoms with van der Waals surface area (Å²) < 4.78 is 22.3. The molecule has 1 N–H and O–H groups in total. The Labute approximate surface area is 198 Å². The van der Waals surface area contributed by atoms with Crippen LogP contribution < -0.4 is 19.7 Å². The van der Waals surface area contributed by atoms with Crippen LogP contribution in [0, 0.1) is 16.7 Å². The lowest BCUT2D eigenvalue weighted by Crippen LogP contribution is -2.44. The molecule has 2 fully saturated rings. The second kappa shape index (κ2) is 9.33. The Morgan fingerprint density at radius 2 is 1.97 bits per heavy atom. The number of nitrogens with zero attached hydrogens (tertiary/aromatic N) is 4. The van der Waals surface area contributed by atoms with Crippen LogP contribution in [0.25, 0.3) is 11.0 Å². The number of ether oxygens (including phenoxy) is 4. The van der Waals surface area contributed by atoms with Crippen molar-refractivity contribution in [3.8, 4) is 17.6 Å². The Morgan fingerprint density at radius 3 is 2.68 bits per heavy atom. The minimum absolute atomic E-state index is 0.0375. The van der Waals surface area contributed by atoms with Crippen LogP contribution in [0.2, 0.25) is 0 Å². The second-order valence-electron chi connectivity index (χ2n) is 8.88. The van der Waals surface area contributed by atoms with Crippen molar-refractivity contribution in [2.24, 2.45) is 5.41 Å². The summed E-state index contributed by atoms with van der Waals surface area (Å²) in [5, 5.41) is 13.3. The van der Waals surface area contributed by atoms with Gasteiger partial charge in [-0.25, -0.2) is 4.98 Å². The minimum atomic E-state index is 0.0375. The molecule has 176 valence electrons. The van der Waals surface area contributed by atoms with Gasteiger partial charge in [-0.2, -0.15) is 5.26 Å². The molecule has 0 atom stereocenters. The molecule has 9 nitrogen and oxygen atoms in total. The van der Waals surface area contributed by atoms with Gasteiger partial charge in [-0.3, -0.25) is 4.98 Å². The van der Waals surface area contributed by atoms with Crippen molar-refractivity contribution in [3.05, 3.63) is 42.1 Å². The van der Waals surface area contributed by atoms with Crippen molar-refractivity contribution in [3.63, 3.8) is 0 Å². The van der Waals surface area contributed by atoms with E-state index in [2.05, 4.69) is 28.2 Å². The highest BCUT2D eigenvalue weighted by atomic mass is 16.5. The van der Waals surface area contributed by atoms with Crippen LogP contribution in [-0.4, -0.2) is 63.2 Å². The van der Waals surface area contributed by atoms with Crippen molar-refractivity contribution in [2.75, 3.05) is 63.5 Å². The van der Waals surface area contributed by atoms with E-state index in [0.717, 1.165) is 24.6 Å². The second-order valence-corrected chi connectivity index (χ2v) is 8.88. The molecule has 5 rings (SSSR count). The van der Waals surface area contributed by atoms with Gasteiger partial charge in [-0.15, -0.1) is 0 Å². The molecule has 34 heavy (non-hydrogen) atoms. The molecule has 0 unspecified atom stereocenters. The maximum Gasteiger partial charge on any atom is 0.162 e. The lowest BCUT2D eigenvalue weighted by molar-refractivity contribution is -0.120. The fourth-order valence-corrected chi connectivity index (χ4v) is 4.04. The monoisotopic (exact) mass is 461 g/mol. The molecule has 0 spiro atoms. The number of nitriles is 1. The van der Waals surface area contributed by atoms with Gasteiger partial charge in [0.15, 0.2) is 11.5 Å². The number of nitrogens with one attached hydrogen (secondary N) is 1. The van der Waals surface area contributed by atoms with E-state index < -0.39 is 0 Å². The molecule has 2 aliphatic heterocycles. The molecule has 0 radical (unpaired) electrons.